The zero-order valence-electron chi connectivity index (χ0n) is 31.8. The maximum Gasteiger partial charge on any atom is 0.0547 e. The highest BCUT2D eigenvalue weighted by molar-refractivity contribution is 6.17. The SMILES string of the molecule is c1ccc(-c2ccccc2N(c2ccccc2-c2cccc(-c3cccc4c3c3ccccc3n4-c3ccccc3)c2)c2cc3ccccc3c3ccccc23)cc1. The maximum atomic E-state index is 2.49. The van der Waals surface area contributed by atoms with Gasteiger partial charge in [-0.1, -0.05) is 182 Å². The van der Waals surface area contributed by atoms with E-state index in [4.69, 9.17) is 0 Å². The molecule has 2 heteroatoms. The van der Waals surface area contributed by atoms with E-state index in [9.17, 15) is 0 Å². The van der Waals surface area contributed by atoms with E-state index < -0.39 is 0 Å². The van der Waals surface area contributed by atoms with Crippen LogP contribution in [0.5, 0.6) is 0 Å². The predicted octanol–water partition coefficient (Wildman–Crippen LogP) is 15.6. The summed E-state index contributed by atoms with van der Waals surface area (Å²) in [5, 5.41) is 7.40. The Bertz CT molecular complexity index is 3290. The minimum Gasteiger partial charge on any atom is -0.309 e. The lowest BCUT2D eigenvalue weighted by atomic mass is 9.93. The standard InChI is InChI=1S/C56H38N2/c1-3-19-39(20-4-1)45-27-11-14-33-51(45)58(55-38-42-21-7-8-26-44(42)48-29-9-10-30-49(48)55)52-34-15-12-28-46(52)40-22-17-23-41(37-40)47-32-18-36-54-56(47)50-31-13-16-35-53(50)57(54)43-24-5-2-6-25-43/h1-38H. The molecule has 0 unspecified atom stereocenters. The third-order valence-corrected chi connectivity index (χ3v) is 11.6. The van der Waals surface area contributed by atoms with Gasteiger partial charge in [0.1, 0.15) is 0 Å². The summed E-state index contributed by atoms with van der Waals surface area (Å²) >= 11 is 0. The van der Waals surface area contributed by atoms with Crippen molar-refractivity contribution < 1.29 is 0 Å². The number of para-hydroxylation sites is 4. The number of nitrogens with zero attached hydrogens (tertiary/aromatic N) is 2. The molecule has 1 heterocycles. The lowest BCUT2D eigenvalue weighted by molar-refractivity contribution is 1.18. The van der Waals surface area contributed by atoms with Crippen molar-refractivity contribution in [2.75, 3.05) is 4.90 Å². The third kappa shape index (κ3) is 5.57. The van der Waals surface area contributed by atoms with Gasteiger partial charge in [-0.3, -0.25) is 0 Å². The molecule has 272 valence electrons. The predicted molar refractivity (Wildman–Crippen MR) is 247 cm³/mol. The van der Waals surface area contributed by atoms with E-state index in [2.05, 4.69) is 240 Å². The maximum absolute atomic E-state index is 2.49. The second-order valence-electron chi connectivity index (χ2n) is 14.9. The summed E-state index contributed by atoms with van der Waals surface area (Å²) in [7, 11) is 0. The quantitative estimate of drug-likeness (QED) is 0.148. The molecule has 0 saturated carbocycles. The molecule has 0 radical (unpaired) electrons. The fraction of sp³-hybridized carbons (Fsp3) is 0. The smallest absolute Gasteiger partial charge is 0.0547 e. The van der Waals surface area contributed by atoms with Gasteiger partial charge in [-0.25, -0.2) is 0 Å². The normalized spacial score (nSPS) is 11.4. The zero-order chi connectivity index (χ0) is 38.4. The summed E-state index contributed by atoms with van der Waals surface area (Å²) < 4.78 is 2.39. The number of fused-ring (bicyclic) bond motifs is 6. The van der Waals surface area contributed by atoms with Crippen LogP contribution < -0.4 is 4.90 Å². The van der Waals surface area contributed by atoms with Crippen molar-refractivity contribution in [2.24, 2.45) is 0 Å². The van der Waals surface area contributed by atoms with Gasteiger partial charge in [-0.15, -0.1) is 0 Å². The van der Waals surface area contributed by atoms with Crippen LogP contribution in [0.2, 0.25) is 0 Å². The molecule has 2 nitrogen and oxygen atoms in total. The molecule has 1 aromatic heterocycles. The van der Waals surface area contributed by atoms with Crippen molar-refractivity contribution in [2.45, 2.75) is 0 Å². The van der Waals surface area contributed by atoms with E-state index in [0.717, 1.165) is 33.9 Å². The molecular formula is C56H38N2. The van der Waals surface area contributed by atoms with Crippen LogP contribution in [0, 0.1) is 0 Å². The Hall–Kier alpha value is -7.68. The molecular weight excluding hydrogens is 701 g/mol. The first-order chi connectivity index (χ1) is 28.8. The molecule has 0 amide bonds. The number of hydrogen-bond donors (Lipinski definition) is 0. The Balaban J connectivity index is 1.15. The van der Waals surface area contributed by atoms with Crippen molar-refractivity contribution in [1.82, 2.24) is 4.57 Å². The molecule has 0 aliphatic heterocycles. The Morgan fingerprint density at radius 1 is 0.293 bits per heavy atom. The lowest BCUT2D eigenvalue weighted by Gasteiger charge is -2.31. The summed E-state index contributed by atoms with van der Waals surface area (Å²) in [5.41, 5.74) is 14.0. The number of benzene rings is 10. The molecule has 0 N–H and O–H groups in total. The van der Waals surface area contributed by atoms with Gasteiger partial charge in [-0.2, -0.15) is 0 Å². The van der Waals surface area contributed by atoms with Crippen LogP contribution in [-0.4, -0.2) is 4.57 Å². The van der Waals surface area contributed by atoms with E-state index in [1.54, 1.807) is 0 Å². The Labute approximate surface area is 338 Å². The van der Waals surface area contributed by atoms with E-state index in [-0.39, 0.29) is 0 Å². The van der Waals surface area contributed by atoms with Crippen LogP contribution >= 0.6 is 0 Å². The second kappa shape index (κ2) is 14.1. The molecule has 0 saturated heterocycles. The summed E-state index contributed by atoms with van der Waals surface area (Å²) in [5.74, 6) is 0. The van der Waals surface area contributed by atoms with Gasteiger partial charge >= 0.3 is 0 Å². The summed E-state index contributed by atoms with van der Waals surface area (Å²) in [6.07, 6.45) is 0. The van der Waals surface area contributed by atoms with E-state index in [0.29, 0.717) is 0 Å². The molecule has 0 spiro atoms. The third-order valence-electron chi connectivity index (χ3n) is 11.6. The highest BCUT2D eigenvalue weighted by Crippen LogP contribution is 2.48. The van der Waals surface area contributed by atoms with Gasteiger partial charge in [0, 0.05) is 33.0 Å². The average molecular weight is 739 g/mol. The minimum atomic E-state index is 1.11. The van der Waals surface area contributed by atoms with Crippen molar-refractivity contribution in [1.29, 1.82) is 0 Å². The summed E-state index contributed by atoms with van der Waals surface area (Å²) in [6, 6.07) is 83.7. The Morgan fingerprint density at radius 3 is 1.55 bits per heavy atom. The Morgan fingerprint density at radius 2 is 0.793 bits per heavy atom. The fourth-order valence-electron chi connectivity index (χ4n) is 9.02. The van der Waals surface area contributed by atoms with Crippen LogP contribution in [0.15, 0.2) is 231 Å². The largest absolute Gasteiger partial charge is 0.309 e. The minimum absolute atomic E-state index is 1.11. The first-order valence-corrected chi connectivity index (χ1v) is 19.9. The number of anilines is 3. The molecule has 0 fully saturated rings. The van der Waals surface area contributed by atoms with Gasteiger partial charge in [0.15, 0.2) is 0 Å². The molecule has 11 aromatic rings. The van der Waals surface area contributed by atoms with Gasteiger partial charge in [0.25, 0.3) is 0 Å². The second-order valence-corrected chi connectivity index (χ2v) is 14.9. The van der Waals surface area contributed by atoms with Crippen molar-refractivity contribution in [3.8, 4) is 39.1 Å². The zero-order valence-corrected chi connectivity index (χ0v) is 31.8. The molecule has 0 aliphatic carbocycles. The number of aromatic nitrogens is 1. The first-order valence-electron chi connectivity index (χ1n) is 19.9. The molecule has 0 bridgehead atoms. The fourth-order valence-corrected chi connectivity index (χ4v) is 9.02. The van der Waals surface area contributed by atoms with Crippen LogP contribution in [0.3, 0.4) is 0 Å². The monoisotopic (exact) mass is 738 g/mol. The highest BCUT2D eigenvalue weighted by atomic mass is 15.1. The highest BCUT2D eigenvalue weighted by Gasteiger charge is 2.23. The van der Waals surface area contributed by atoms with Crippen molar-refractivity contribution >= 4 is 60.4 Å². The van der Waals surface area contributed by atoms with Gasteiger partial charge in [-0.05, 0) is 86.9 Å². The van der Waals surface area contributed by atoms with Crippen LogP contribution in [-0.2, 0) is 0 Å². The Kier molecular flexibility index (Phi) is 8.19. The number of hydrogen-bond acceptors (Lipinski definition) is 1. The lowest BCUT2D eigenvalue weighted by Crippen LogP contribution is -2.13. The average Bonchev–Trinajstić information content (AvgIpc) is 3.65. The van der Waals surface area contributed by atoms with Gasteiger partial charge in [0.2, 0.25) is 0 Å². The molecule has 0 atom stereocenters. The van der Waals surface area contributed by atoms with Crippen molar-refractivity contribution in [3.05, 3.63) is 231 Å². The molecule has 10 aromatic carbocycles. The number of rotatable bonds is 7. The first kappa shape index (κ1) is 33.6. The molecule has 0 aliphatic rings. The summed E-state index contributed by atoms with van der Waals surface area (Å²) in [4.78, 5) is 2.49. The van der Waals surface area contributed by atoms with E-state index in [1.807, 2.05) is 0 Å². The molecule has 58 heavy (non-hydrogen) atoms. The van der Waals surface area contributed by atoms with Gasteiger partial charge < -0.3 is 9.47 Å². The molecule has 11 rings (SSSR count). The van der Waals surface area contributed by atoms with Gasteiger partial charge in [0.05, 0.1) is 28.1 Å². The summed E-state index contributed by atoms with van der Waals surface area (Å²) in [6.45, 7) is 0. The van der Waals surface area contributed by atoms with Crippen LogP contribution in [0.4, 0.5) is 17.1 Å². The van der Waals surface area contributed by atoms with E-state index >= 15 is 0 Å². The van der Waals surface area contributed by atoms with Crippen LogP contribution in [0.25, 0.3) is 82.4 Å². The van der Waals surface area contributed by atoms with E-state index in [1.165, 1.54) is 65.6 Å². The topological polar surface area (TPSA) is 8.17 Å². The van der Waals surface area contributed by atoms with Crippen molar-refractivity contribution in [3.63, 3.8) is 0 Å². The van der Waals surface area contributed by atoms with Crippen LogP contribution in [0.1, 0.15) is 0 Å².